The second-order valence-corrected chi connectivity index (χ2v) is 13.8. The third-order valence-electron chi connectivity index (χ3n) is 7.97. The average molecular weight is 617 g/mol. The Balaban J connectivity index is 1.44. The molecule has 14 heteroatoms. The number of fused-ring (bicyclic) bond motifs is 2. The summed E-state index contributed by atoms with van der Waals surface area (Å²) in [4.78, 5) is 19.3. The molecule has 0 amide bonds. The average Bonchev–Trinajstić information content (AvgIpc) is 3.70. The molecule has 4 aromatic rings. The molecule has 1 fully saturated rings. The van der Waals surface area contributed by atoms with Crippen molar-refractivity contribution in [2.45, 2.75) is 50.0 Å². The normalized spacial score (nSPS) is 20.5. The van der Waals surface area contributed by atoms with E-state index in [0.717, 1.165) is 32.2 Å². The fourth-order valence-corrected chi connectivity index (χ4v) is 8.45. The molecule has 1 aromatic carbocycles. The topological polar surface area (TPSA) is 103 Å². The fourth-order valence-electron chi connectivity index (χ4n) is 6.03. The van der Waals surface area contributed by atoms with Gasteiger partial charge in [-0.1, -0.05) is 5.57 Å². The van der Waals surface area contributed by atoms with Crippen molar-refractivity contribution in [2.75, 3.05) is 6.54 Å². The van der Waals surface area contributed by atoms with E-state index in [2.05, 4.69) is 15.2 Å². The molecule has 220 valence electrons. The minimum absolute atomic E-state index is 0.00365. The van der Waals surface area contributed by atoms with Crippen LogP contribution in [0.3, 0.4) is 0 Å². The quantitative estimate of drug-likeness (QED) is 0.263. The lowest BCUT2D eigenvalue weighted by molar-refractivity contribution is 0.0661. The van der Waals surface area contributed by atoms with Crippen LogP contribution in [0.5, 0.6) is 0 Å². The highest BCUT2D eigenvalue weighted by Crippen LogP contribution is 2.51. The largest absolute Gasteiger partial charge is 0.290 e. The van der Waals surface area contributed by atoms with Gasteiger partial charge < -0.3 is 0 Å². The highest BCUT2D eigenvalue weighted by atomic mass is 32.2. The number of aryl methyl sites for hydroxylation is 2. The second kappa shape index (κ2) is 10.6. The number of carbonyl (C=O) groups excluding carboxylic acids is 1. The van der Waals surface area contributed by atoms with Crippen LogP contribution >= 0.6 is 11.3 Å². The zero-order chi connectivity index (χ0) is 29.8. The molecule has 3 heterocycles. The van der Waals surface area contributed by atoms with Gasteiger partial charge in [-0.2, -0.15) is 14.5 Å². The predicted octanol–water partition coefficient (Wildman–Crippen LogP) is 4.83. The number of carbonyl (C=O) groups is 1. The van der Waals surface area contributed by atoms with E-state index in [9.17, 15) is 26.4 Å². The van der Waals surface area contributed by atoms with Crippen molar-refractivity contribution >= 4 is 33.2 Å². The van der Waals surface area contributed by atoms with Crippen LogP contribution in [-0.2, 0) is 23.5 Å². The molecule has 3 aromatic heterocycles. The number of ketones is 1. The number of aromatic nitrogens is 5. The molecule has 42 heavy (non-hydrogen) atoms. The highest BCUT2D eigenvalue weighted by Gasteiger charge is 2.52. The maximum atomic E-state index is 14.3. The van der Waals surface area contributed by atoms with Gasteiger partial charge in [0.2, 0.25) is 15.8 Å². The van der Waals surface area contributed by atoms with Crippen LogP contribution in [0.1, 0.15) is 45.2 Å². The first-order valence-electron chi connectivity index (χ1n) is 13.3. The van der Waals surface area contributed by atoms with Gasteiger partial charge in [-0.25, -0.2) is 31.3 Å². The number of hydrogen-bond donors (Lipinski definition) is 0. The van der Waals surface area contributed by atoms with Gasteiger partial charge in [0.25, 0.3) is 6.43 Å². The molecule has 0 bridgehead atoms. The van der Waals surface area contributed by atoms with Crippen LogP contribution in [0, 0.1) is 18.2 Å². The SMILES string of the molecule is Cc1cnc(C(=O)[C@]23Cc4cnn(-c5ccc(F)cc5)c4C=C2CC[C@H](N(CC(F)F)S(=O)(=O)c2cnn(C)c2)C3)s1. The van der Waals surface area contributed by atoms with E-state index in [-0.39, 0.29) is 40.8 Å². The van der Waals surface area contributed by atoms with Crippen molar-refractivity contribution in [3.8, 4) is 5.69 Å². The van der Waals surface area contributed by atoms with Crippen LogP contribution < -0.4 is 0 Å². The number of Topliss-reactive ketones (excluding diaryl/α,β-unsaturated/α-hetero) is 1. The summed E-state index contributed by atoms with van der Waals surface area (Å²) in [5.41, 5.74) is 1.68. The lowest BCUT2D eigenvalue weighted by Gasteiger charge is -2.46. The summed E-state index contributed by atoms with van der Waals surface area (Å²) in [5, 5.41) is 8.71. The third kappa shape index (κ3) is 4.90. The Bertz CT molecular complexity index is 1790. The molecule has 6 rings (SSSR count). The molecular weight excluding hydrogens is 589 g/mol. The summed E-state index contributed by atoms with van der Waals surface area (Å²) >= 11 is 1.24. The van der Waals surface area contributed by atoms with Crippen LogP contribution in [-0.4, -0.2) is 62.1 Å². The molecular formula is C28H27F3N6O3S2. The highest BCUT2D eigenvalue weighted by molar-refractivity contribution is 7.89. The summed E-state index contributed by atoms with van der Waals surface area (Å²) < 4.78 is 72.5. The van der Waals surface area contributed by atoms with E-state index < -0.39 is 34.5 Å². The van der Waals surface area contributed by atoms with Crippen LogP contribution in [0.25, 0.3) is 11.8 Å². The number of hydrogen-bond acceptors (Lipinski definition) is 7. The minimum Gasteiger partial charge on any atom is -0.290 e. The first-order chi connectivity index (χ1) is 20.0. The second-order valence-electron chi connectivity index (χ2n) is 10.7. The molecule has 2 atom stereocenters. The number of allylic oxidation sites excluding steroid dienone is 1. The van der Waals surface area contributed by atoms with E-state index >= 15 is 0 Å². The van der Waals surface area contributed by atoms with Crippen molar-refractivity contribution in [3.63, 3.8) is 0 Å². The minimum atomic E-state index is -4.34. The molecule has 2 aliphatic rings. The predicted molar refractivity (Wildman–Crippen MR) is 150 cm³/mol. The Labute approximate surface area is 244 Å². The van der Waals surface area contributed by atoms with E-state index in [1.165, 1.54) is 34.3 Å². The number of thiazole rings is 1. The Morgan fingerprint density at radius 2 is 1.95 bits per heavy atom. The number of alkyl halides is 2. The summed E-state index contributed by atoms with van der Waals surface area (Å²) in [6.07, 6.45) is 5.36. The number of benzene rings is 1. The number of nitrogens with zero attached hydrogens (tertiary/aromatic N) is 6. The molecule has 0 radical (unpaired) electrons. The lowest BCUT2D eigenvalue weighted by Crippen LogP contribution is -2.51. The van der Waals surface area contributed by atoms with Gasteiger partial charge in [-0.15, -0.1) is 11.3 Å². The van der Waals surface area contributed by atoms with E-state index in [4.69, 9.17) is 0 Å². The Kier molecular flexibility index (Phi) is 7.18. The number of halogens is 3. The third-order valence-corrected chi connectivity index (χ3v) is 10.8. The van der Waals surface area contributed by atoms with E-state index in [0.29, 0.717) is 12.1 Å². The molecule has 0 spiro atoms. The van der Waals surface area contributed by atoms with Gasteiger partial charge in [-0.3, -0.25) is 9.48 Å². The first-order valence-corrected chi connectivity index (χ1v) is 15.5. The molecule has 9 nitrogen and oxygen atoms in total. The van der Waals surface area contributed by atoms with Crippen LogP contribution in [0.15, 0.2) is 59.5 Å². The van der Waals surface area contributed by atoms with Gasteiger partial charge in [0.1, 0.15) is 10.7 Å². The molecule has 1 saturated carbocycles. The van der Waals surface area contributed by atoms with Gasteiger partial charge in [0.05, 0.1) is 35.7 Å². The monoisotopic (exact) mass is 616 g/mol. The van der Waals surface area contributed by atoms with Gasteiger partial charge in [0, 0.05) is 30.4 Å². The van der Waals surface area contributed by atoms with Gasteiger partial charge in [0.15, 0.2) is 5.01 Å². The summed E-state index contributed by atoms with van der Waals surface area (Å²) in [6.45, 7) is 0.832. The Morgan fingerprint density at radius 1 is 1.19 bits per heavy atom. The lowest BCUT2D eigenvalue weighted by atomic mass is 9.61. The molecule has 2 aliphatic carbocycles. The summed E-state index contributed by atoms with van der Waals surface area (Å²) in [6, 6.07) is 5.01. The van der Waals surface area contributed by atoms with Gasteiger partial charge in [-0.05, 0) is 68.5 Å². The van der Waals surface area contributed by atoms with Crippen LogP contribution in [0.4, 0.5) is 13.2 Å². The standard InChI is InChI=1S/C28H27F3N6O3S2/c1-17-12-32-27(41-17)26(38)28-10-18-13-34-37(21-7-4-20(29)5-8-21)24(18)9-19(28)3-6-22(11-28)36(16-25(30)31)42(39,40)23-14-33-35(2)15-23/h4-5,7-9,12-15,22,25H,3,6,10-11,16H2,1-2H3/t22-,28-/m0/s1. The zero-order valence-electron chi connectivity index (χ0n) is 22.7. The molecule has 0 aliphatic heterocycles. The molecule has 0 saturated heterocycles. The fraction of sp³-hybridized carbons (Fsp3) is 0.357. The molecule has 0 unspecified atom stereocenters. The van der Waals surface area contributed by atoms with Gasteiger partial charge >= 0.3 is 0 Å². The van der Waals surface area contributed by atoms with E-state index in [1.807, 2.05) is 13.0 Å². The zero-order valence-corrected chi connectivity index (χ0v) is 24.4. The maximum absolute atomic E-state index is 14.3. The van der Waals surface area contributed by atoms with Crippen molar-refractivity contribution in [3.05, 3.63) is 81.6 Å². The van der Waals surface area contributed by atoms with Crippen LogP contribution in [0.2, 0.25) is 0 Å². The number of rotatable bonds is 8. The Morgan fingerprint density at radius 3 is 2.60 bits per heavy atom. The molecule has 0 N–H and O–H groups in total. The summed E-state index contributed by atoms with van der Waals surface area (Å²) in [7, 11) is -2.80. The Hall–Kier alpha value is -3.62. The summed E-state index contributed by atoms with van der Waals surface area (Å²) in [5.74, 6) is -0.651. The van der Waals surface area contributed by atoms with Crippen molar-refractivity contribution in [2.24, 2.45) is 12.5 Å². The maximum Gasteiger partial charge on any atom is 0.252 e. The van der Waals surface area contributed by atoms with Crippen molar-refractivity contribution in [1.82, 2.24) is 28.9 Å². The first kappa shape index (κ1) is 28.5. The van der Waals surface area contributed by atoms with Crippen molar-refractivity contribution < 1.29 is 26.4 Å². The smallest absolute Gasteiger partial charge is 0.252 e. The number of sulfonamides is 1. The van der Waals surface area contributed by atoms with Crippen molar-refractivity contribution in [1.29, 1.82) is 0 Å². The van der Waals surface area contributed by atoms with E-state index in [1.54, 1.807) is 36.3 Å².